The molecule has 1 aliphatic heterocycles. The summed E-state index contributed by atoms with van der Waals surface area (Å²) in [5.74, 6) is 2.55. The molecule has 1 N–H and O–H groups in total. The van der Waals surface area contributed by atoms with Gasteiger partial charge >= 0.3 is 0 Å². The minimum atomic E-state index is -0.0958. The highest BCUT2D eigenvalue weighted by molar-refractivity contribution is 5.56. The minimum absolute atomic E-state index is 0.0958. The molecule has 2 fully saturated rings. The molecule has 1 saturated heterocycles. The minimum Gasteiger partial charge on any atom is -0.508 e. The number of ether oxygens (including phenoxy) is 2. The van der Waals surface area contributed by atoms with Crippen LogP contribution in [0.15, 0.2) is 12.1 Å². The van der Waals surface area contributed by atoms with Gasteiger partial charge in [-0.25, -0.2) is 0 Å². The van der Waals surface area contributed by atoms with Gasteiger partial charge in [-0.1, -0.05) is 0 Å². The van der Waals surface area contributed by atoms with Crippen molar-refractivity contribution in [3.05, 3.63) is 23.3 Å². The van der Waals surface area contributed by atoms with Crippen molar-refractivity contribution in [2.45, 2.75) is 56.7 Å². The maximum absolute atomic E-state index is 10.1. The SMILES string of the molecule is Oc1ccc(OC2CCCCO2)c2c1C1CCC2C1. The monoisotopic (exact) mass is 260 g/mol. The van der Waals surface area contributed by atoms with Crippen LogP contribution >= 0.6 is 0 Å². The smallest absolute Gasteiger partial charge is 0.199 e. The number of fused-ring (bicyclic) bond motifs is 5. The number of rotatable bonds is 2. The van der Waals surface area contributed by atoms with Gasteiger partial charge in [-0.2, -0.15) is 0 Å². The van der Waals surface area contributed by atoms with Crippen molar-refractivity contribution in [3.8, 4) is 11.5 Å². The molecule has 0 radical (unpaired) electrons. The second-order valence-corrected chi connectivity index (χ2v) is 6.03. The normalized spacial score (nSPS) is 32.3. The second kappa shape index (κ2) is 4.41. The van der Waals surface area contributed by atoms with Gasteiger partial charge in [0.05, 0.1) is 6.61 Å². The van der Waals surface area contributed by atoms with Crippen molar-refractivity contribution in [2.24, 2.45) is 0 Å². The summed E-state index contributed by atoms with van der Waals surface area (Å²) in [6, 6.07) is 3.71. The molecular formula is C16H20O3. The first-order valence-corrected chi connectivity index (χ1v) is 7.47. The lowest BCUT2D eigenvalue weighted by Crippen LogP contribution is -2.25. The van der Waals surface area contributed by atoms with E-state index in [9.17, 15) is 5.11 Å². The summed E-state index contributed by atoms with van der Waals surface area (Å²) in [4.78, 5) is 0. The lowest BCUT2D eigenvalue weighted by atomic mass is 9.90. The van der Waals surface area contributed by atoms with E-state index in [1.165, 1.54) is 31.2 Å². The van der Waals surface area contributed by atoms with Gasteiger partial charge in [0.25, 0.3) is 0 Å². The van der Waals surface area contributed by atoms with E-state index < -0.39 is 0 Å². The van der Waals surface area contributed by atoms with Crippen LogP contribution in [0.2, 0.25) is 0 Å². The van der Waals surface area contributed by atoms with Gasteiger partial charge in [-0.15, -0.1) is 0 Å². The summed E-state index contributed by atoms with van der Waals surface area (Å²) in [5.41, 5.74) is 2.43. The molecule has 19 heavy (non-hydrogen) atoms. The number of phenolic OH excluding ortho intramolecular Hbond substituents is 1. The van der Waals surface area contributed by atoms with Crippen LogP contribution in [0.5, 0.6) is 11.5 Å². The van der Waals surface area contributed by atoms with E-state index in [1.54, 1.807) is 6.07 Å². The molecule has 0 amide bonds. The van der Waals surface area contributed by atoms with Crippen LogP contribution in [0.25, 0.3) is 0 Å². The molecule has 1 heterocycles. The van der Waals surface area contributed by atoms with Gasteiger partial charge in [-0.05, 0) is 56.1 Å². The van der Waals surface area contributed by atoms with E-state index >= 15 is 0 Å². The Bertz CT molecular complexity index is 491. The molecule has 3 nitrogen and oxygen atoms in total. The predicted molar refractivity (Wildman–Crippen MR) is 71.7 cm³/mol. The van der Waals surface area contributed by atoms with Crippen LogP contribution in [0.3, 0.4) is 0 Å². The molecule has 2 bridgehead atoms. The van der Waals surface area contributed by atoms with Gasteiger partial charge < -0.3 is 14.6 Å². The van der Waals surface area contributed by atoms with Crippen LogP contribution in [-0.4, -0.2) is 18.0 Å². The Labute approximate surface area is 113 Å². The Morgan fingerprint density at radius 1 is 1.05 bits per heavy atom. The first kappa shape index (κ1) is 11.6. The second-order valence-electron chi connectivity index (χ2n) is 6.03. The molecule has 1 saturated carbocycles. The van der Waals surface area contributed by atoms with Crippen LogP contribution in [0.1, 0.15) is 61.5 Å². The lowest BCUT2D eigenvalue weighted by molar-refractivity contribution is -0.106. The Kier molecular flexibility index (Phi) is 2.69. The Balaban J connectivity index is 1.66. The van der Waals surface area contributed by atoms with E-state index in [0.29, 0.717) is 17.6 Å². The zero-order valence-electron chi connectivity index (χ0n) is 11.1. The Hall–Kier alpha value is -1.22. The van der Waals surface area contributed by atoms with Gasteiger partial charge in [0.15, 0.2) is 6.29 Å². The van der Waals surface area contributed by atoms with E-state index in [4.69, 9.17) is 9.47 Å². The standard InChI is InChI=1S/C16H20O3/c17-12-6-7-13(19-14-3-1-2-8-18-14)16-11-5-4-10(9-11)15(12)16/h6-7,10-11,14,17H,1-5,8-9H2. The predicted octanol–water partition coefficient (Wildman–Crippen LogP) is 3.66. The first-order chi connectivity index (χ1) is 9.33. The molecule has 0 aromatic heterocycles. The van der Waals surface area contributed by atoms with E-state index in [1.807, 2.05) is 6.07 Å². The van der Waals surface area contributed by atoms with E-state index in [-0.39, 0.29) is 6.29 Å². The quantitative estimate of drug-likeness (QED) is 0.882. The highest BCUT2D eigenvalue weighted by atomic mass is 16.7. The molecule has 3 aliphatic rings. The Morgan fingerprint density at radius 3 is 2.68 bits per heavy atom. The van der Waals surface area contributed by atoms with Crippen molar-refractivity contribution in [1.82, 2.24) is 0 Å². The summed E-state index contributed by atoms with van der Waals surface area (Å²) in [6.07, 6.45) is 6.84. The zero-order valence-corrected chi connectivity index (χ0v) is 11.1. The maximum atomic E-state index is 10.1. The first-order valence-electron chi connectivity index (χ1n) is 7.47. The van der Waals surface area contributed by atoms with E-state index in [2.05, 4.69) is 0 Å². The number of aromatic hydroxyl groups is 1. The highest BCUT2D eigenvalue weighted by Gasteiger charge is 2.41. The Morgan fingerprint density at radius 2 is 1.89 bits per heavy atom. The van der Waals surface area contributed by atoms with Crippen molar-refractivity contribution in [2.75, 3.05) is 6.61 Å². The van der Waals surface area contributed by atoms with Crippen LogP contribution in [-0.2, 0) is 4.74 Å². The summed E-state index contributed by atoms with van der Waals surface area (Å²) < 4.78 is 11.7. The molecule has 3 unspecified atom stereocenters. The van der Waals surface area contributed by atoms with Crippen LogP contribution < -0.4 is 4.74 Å². The number of phenols is 1. The molecule has 102 valence electrons. The molecule has 2 aliphatic carbocycles. The van der Waals surface area contributed by atoms with Crippen molar-refractivity contribution in [3.63, 3.8) is 0 Å². The third-order valence-corrected chi connectivity index (χ3v) is 4.87. The fourth-order valence-electron chi connectivity index (χ4n) is 4.01. The average molecular weight is 260 g/mol. The summed E-state index contributed by atoms with van der Waals surface area (Å²) >= 11 is 0. The summed E-state index contributed by atoms with van der Waals surface area (Å²) in [7, 11) is 0. The lowest BCUT2D eigenvalue weighted by Gasteiger charge is -2.26. The number of hydrogen-bond acceptors (Lipinski definition) is 3. The molecular weight excluding hydrogens is 240 g/mol. The highest BCUT2D eigenvalue weighted by Crippen LogP contribution is 2.58. The summed E-state index contributed by atoms with van der Waals surface area (Å²) in [5, 5.41) is 10.1. The van der Waals surface area contributed by atoms with E-state index in [0.717, 1.165) is 30.8 Å². The van der Waals surface area contributed by atoms with Crippen LogP contribution in [0, 0.1) is 0 Å². The number of hydrogen-bond donors (Lipinski definition) is 1. The molecule has 0 spiro atoms. The molecule has 4 rings (SSSR count). The molecule has 1 aromatic rings. The van der Waals surface area contributed by atoms with Crippen molar-refractivity contribution >= 4 is 0 Å². The molecule has 3 heteroatoms. The third-order valence-electron chi connectivity index (χ3n) is 4.87. The molecule has 1 aromatic carbocycles. The number of benzene rings is 1. The largest absolute Gasteiger partial charge is 0.508 e. The van der Waals surface area contributed by atoms with Crippen molar-refractivity contribution in [1.29, 1.82) is 0 Å². The maximum Gasteiger partial charge on any atom is 0.199 e. The van der Waals surface area contributed by atoms with Gasteiger partial charge in [0, 0.05) is 17.5 Å². The average Bonchev–Trinajstić information content (AvgIpc) is 3.05. The fraction of sp³-hybridized carbons (Fsp3) is 0.625. The summed E-state index contributed by atoms with van der Waals surface area (Å²) in [6.45, 7) is 0.803. The van der Waals surface area contributed by atoms with Gasteiger partial charge in [0.2, 0.25) is 0 Å². The molecule has 3 atom stereocenters. The van der Waals surface area contributed by atoms with Crippen LogP contribution in [0.4, 0.5) is 0 Å². The topological polar surface area (TPSA) is 38.7 Å². The van der Waals surface area contributed by atoms with Gasteiger partial charge in [-0.3, -0.25) is 0 Å². The third kappa shape index (κ3) is 1.83. The fourth-order valence-corrected chi connectivity index (χ4v) is 4.01. The van der Waals surface area contributed by atoms with Gasteiger partial charge in [0.1, 0.15) is 11.5 Å². The zero-order chi connectivity index (χ0) is 12.8. The van der Waals surface area contributed by atoms with Crippen molar-refractivity contribution < 1.29 is 14.6 Å².